The number of hydrogen-bond donors (Lipinski definition) is 1. The number of fused-ring (bicyclic) bond motifs is 1. The van der Waals surface area contributed by atoms with Crippen LogP contribution in [0.3, 0.4) is 0 Å². The lowest BCUT2D eigenvalue weighted by molar-refractivity contribution is 0.00195. The van der Waals surface area contributed by atoms with E-state index in [1.165, 1.54) is 24.8 Å². The van der Waals surface area contributed by atoms with Gasteiger partial charge in [0.25, 0.3) is 0 Å². The SMILES string of the molecule is CC1=CC[C@H](C(C)C)C[C@@H]2[C@H]1CC[C@]2(C)O. The van der Waals surface area contributed by atoms with Gasteiger partial charge in [-0.05, 0) is 63.2 Å². The largest absolute Gasteiger partial charge is 0.390 e. The Hall–Kier alpha value is -0.300. The molecular formula is C15H26O. The fourth-order valence-electron chi connectivity index (χ4n) is 3.69. The van der Waals surface area contributed by atoms with E-state index in [0.717, 1.165) is 18.3 Å². The molecule has 0 aromatic carbocycles. The first-order valence-electron chi connectivity index (χ1n) is 6.81. The lowest BCUT2D eigenvalue weighted by Crippen LogP contribution is -2.33. The summed E-state index contributed by atoms with van der Waals surface area (Å²) in [6.45, 7) is 8.95. The first-order valence-corrected chi connectivity index (χ1v) is 6.81. The second-order valence-electron chi connectivity index (χ2n) is 6.53. The van der Waals surface area contributed by atoms with Crippen LogP contribution in [0.2, 0.25) is 0 Å². The van der Waals surface area contributed by atoms with E-state index in [1.54, 1.807) is 0 Å². The molecule has 1 saturated carbocycles. The summed E-state index contributed by atoms with van der Waals surface area (Å²) in [5.74, 6) is 2.64. The van der Waals surface area contributed by atoms with Gasteiger partial charge in [0.05, 0.1) is 5.60 Å². The summed E-state index contributed by atoms with van der Waals surface area (Å²) in [7, 11) is 0. The molecule has 0 amide bonds. The van der Waals surface area contributed by atoms with Crippen molar-refractivity contribution in [2.45, 2.75) is 59.0 Å². The molecule has 0 unspecified atom stereocenters. The summed E-state index contributed by atoms with van der Waals surface area (Å²) in [6.07, 6.45) is 7.04. The van der Waals surface area contributed by atoms with Gasteiger partial charge in [-0.15, -0.1) is 0 Å². The molecule has 2 aliphatic carbocycles. The zero-order valence-corrected chi connectivity index (χ0v) is 11.2. The van der Waals surface area contributed by atoms with Gasteiger partial charge in [-0.25, -0.2) is 0 Å². The molecule has 0 aromatic heterocycles. The molecule has 2 aliphatic rings. The molecule has 2 rings (SSSR count). The van der Waals surface area contributed by atoms with Crippen molar-refractivity contribution in [2.24, 2.45) is 23.7 Å². The molecule has 1 fully saturated rings. The highest BCUT2D eigenvalue weighted by Gasteiger charge is 2.46. The Bertz CT molecular complexity index is 288. The van der Waals surface area contributed by atoms with Crippen LogP contribution < -0.4 is 0 Å². The Morgan fingerprint density at radius 2 is 2.12 bits per heavy atom. The van der Waals surface area contributed by atoms with Crippen molar-refractivity contribution in [2.75, 3.05) is 0 Å². The minimum atomic E-state index is -0.419. The maximum Gasteiger partial charge on any atom is 0.0653 e. The van der Waals surface area contributed by atoms with E-state index < -0.39 is 5.60 Å². The summed E-state index contributed by atoms with van der Waals surface area (Å²) in [4.78, 5) is 0. The molecule has 4 atom stereocenters. The quantitative estimate of drug-likeness (QED) is 0.669. The highest BCUT2D eigenvalue weighted by Crippen LogP contribution is 2.49. The smallest absolute Gasteiger partial charge is 0.0653 e. The third-order valence-corrected chi connectivity index (χ3v) is 5.07. The average molecular weight is 222 g/mol. The van der Waals surface area contributed by atoms with Gasteiger partial charge in [-0.3, -0.25) is 0 Å². The Kier molecular flexibility index (Phi) is 3.18. The normalized spacial score (nSPS) is 44.1. The topological polar surface area (TPSA) is 20.2 Å². The number of allylic oxidation sites excluding steroid dienone is 2. The predicted octanol–water partition coefficient (Wildman–Crippen LogP) is 3.78. The van der Waals surface area contributed by atoms with Crippen molar-refractivity contribution in [1.29, 1.82) is 0 Å². The molecule has 0 spiro atoms. The van der Waals surface area contributed by atoms with E-state index in [-0.39, 0.29) is 0 Å². The second-order valence-corrected chi connectivity index (χ2v) is 6.53. The lowest BCUT2D eigenvalue weighted by atomic mass is 9.77. The van der Waals surface area contributed by atoms with Crippen LogP contribution in [0.5, 0.6) is 0 Å². The van der Waals surface area contributed by atoms with Gasteiger partial charge in [0.1, 0.15) is 0 Å². The van der Waals surface area contributed by atoms with Crippen molar-refractivity contribution < 1.29 is 5.11 Å². The van der Waals surface area contributed by atoms with Gasteiger partial charge >= 0.3 is 0 Å². The van der Waals surface area contributed by atoms with Gasteiger partial charge in [-0.1, -0.05) is 25.5 Å². The maximum atomic E-state index is 10.5. The van der Waals surface area contributed by atoms with Gasteiger partial charge in [0.15, 0.2) is 0 Å². The zero-order chi connectivity index (χ0) is 11.9. The van der Waals surface area contributed by atoms with Gasteiger partial charge < -0.3 is 5.11 Å². The molecule has 92 valence electrons. The maximum absolute atomic E-state index is 10.5. The van der Waals surface area contributed by atoms with Crippen molar-refractivity contribution >= 4 is 0 Å². The van der Waals surface area contributed by atoms with Crippen LogP contribution in [-0.4, -0.2) is 10.7 Å². The van der Waals surface area contributed by atoms with Gasteiger partial charge in [0.2, 0.25) is 0 Å². The number of aliphatic hydroxyl groups is 1. The van der Waals surface area contributed by atoms with E-state index in [2.05, 4.69) is 26.8 Å². The fraction of sp³-hybridized carbons (Fsp3) is 0.867. The lowest BCUT2D eigenvalue weighted by Gasteiger charge is -2.32. The van der Waals surface area contributed by atoms with Crippen LogP contribution in [0.1, 0.15) is 53.4 Å². The zero-order valence-electron chi connectivity index (χ0n) is 11.2. The third-order valence-electron chi connectivity index (χ3n) is 5.07. The van der Waals surface area contributed by atoms with Gasteiger partial charge in [-0.2, -0.15) is 0 Å². The summed E-state index contributed by atoms with van der Waals surface area (Å²) < 4.78 is 0. The van der Waals surface area contributed by atoms with Crippen LogP contribution in [0.15, 0.2) is 11.6 Å². The third kappa shape index (κ3) is 2.07. The van der Waals surface area contributed by atoms with Crippen molar-refractivity contribution in [3.8, 4) is 0 Å². The van der Waals surface area contributed by atoms with E-state index in [9.17, 15) is 5.11 Å². The Morgan fingerprint density at radius 1 is 1.44 bits per heavy atom. The molecule has 1 N–H and O–H groups in total. The Balaban J connectivity index is 2.23. The average Bonchev–Trinajstić information content (AvgIpc) is 2.38. The number of hydrogen-bond acceptors (Lipinski definition) is 1. The molecule has 0 saturated heterocycles. The van der Waals surface area contributed by atoms with Crippen LogP contribution in [-0.2, 0) is 0 Å². The predicted molar refractivity (Wildman–Crippen MR) is 68.2 cm³/mol. The summed E-state index contributed by atoms with van der Waals surface area (Å²) in [5.41, 5.74) is 1.11. The van der Waals surface area contributed by atoms with E-state index in [4.69, 9.17) is 0 Å². The van der Waals surface area contributed by atoms with E-state index >= 15 is 0 Å². The summed E-state index contributed by atoms with van der Waals surface area (Å²) in [6, 6.07) is 0. The molecule has 0 aromatic rings. The highest BCUT2D eigenvalue weighted by atomic mass is 16.3. The van der Waals surface area contributed by atoms with Crippen LogP contribution >= 0.6 is 0 Å². The fourth-order valence-corrected chi connectivity index (χ4v) is 3.69. The summed E-state index contributed by atoms with van der Waals surface area (Å²) in [5, 5.41) is 10.5. The summed E-state index contributed by atoms with van der Waals surface area (Å²) >= 11 is 0. The minimum absolute atomic E-state index is 0.419. The standard InChI is InChI=1S/C15H26O/c1-10(2)12-6-5-11(3)13-7-8-15(4,16)14(13)9-12/h5,10,12-14,16H,6-9H2,1-4H3/t12-,13-,14+,15-/m0/s1. The first-order chi connectivity index (χ1) is 7.42. The molecule has 0 heterocycles. The Morgan fingerprint density at radius 3 is 2.75 bits per heavy atom. The van der Waals surface area contributed by atoms with Crippen molar-refractivity contribution in [1.82, 2.24) is 0 Å². The van der Waals surface area contributed by atoms with Crippen LogP contribution in [0.4, 0.5) is 0 Å². The second kappa shape index (κ2) is 4.18. The van der Waals surface area contributed by atoms with Crippen molar-refractivity contribution in [3.63, 3.8) is 0 Å². The molecule has 0 aliphatic heterocycles. The van der Waals surface area contributed by atoms with E-state index in [0.29, 0.717) is 11.8 Å². The number of rotatable bonds is 1. The van der Waals surface area contributed by atoms with Crippen LogP contribution in [0.25, 0.3) is 0 Å². The van der Waals surface area contributed by atoms with E-state index in [1.807, 2.05) is 6.92 Å². The monoisotopic (exact) mass is 222 g/mol. The molecule has 1 nitrogen and oxygen atoms in total. The Labute approximate surface area is 99.9 Å². The van der Waals surface area contributed by atoms with Crippen molar-refractivity contribution in [3.05, 3.63) is 11.6 Å². The minimum Gasteiger partial charge on any atom is -0.390 e. The molecule has 0 radical (unpaired) electrons. The molecule has 0 bridgehead atoms. The molecular weight excluding hydrogens is 196 g/mol. The highest BCUT2D eigenvalue weighted by molar-refractivity contribution is 5.14. The molecule has 16 heavy (non-hydrogen) atoms. The first kappa shape index (κ1) is 12.2. The van der Waals surface area contributed by atoms with Gasteiger partial charge in [0, 0.05) is 0 Å². The molecule has 1 heteroatoms. The van der Waals surface area contributed by atoms with Crippen LogP contribution in [0, 0.1) is 23.7 Å².